The largest absolute Gasteiger partial charge is 0.375 e. The fraction of sp³-hybridized carbons (Fsp3) is 0.429. The summed E-state index contributed by atoms with van der Waals surface area (Å²) < 4.78 is 6.55. The van der Waals surface area contributed by atoms with E-state index in [4.69, 9.17) is 10.5 Å². The van der Waals surface area contributed by atoms with Gasteiger partial charge >= 0.3 is 0 Å². The Labute approximate surface area is 121 Å². The standard InChI is InChI=1S/C14H17N3O2S/c1-2-10-8-17(5-6-19-10)13(18)9-3-4-11-12(7-9)20-14(15)16-11/h3-4,7,10H,2,5-6,8H2,1H3,(H2,15,16). The van der Waals surface area contributed by atoms with Crippen LogP contribution in [0.4, 0.5) is 5.13 Å². The molecule has 0 aliphatic carbocycles. The molecule has 0 bridgehead atoms. The molecule has 0 radical (unpaired) electrons. The third-order valence-electron chi connectivity index (χ3n) is 3.53. The molecule has 1 aliphatic rings. The van der Waals surface area contributed by atoms with Crippen LogP contribution in [0.5, 0.6) is 0 Å². The molecule has 2 heterocycles. The summed E-state index contributed by atoms with van der Waals surface area (Å²) in [5.74, 6) is 0.0561. The number of rotatable bonds is 2. The number of amides is 1. The summed E-state index contributed by atoms with van der Waals surface area (Å²) in [6, 6.07) is 5.55. The lowest BCUT2D eigenvalue weighted by atomic mass is 10.1. The number of ether oxygens (including phenoxy) is 1. The molecule has 0 spiro atoms. The van der Waals surface area contributed by atoms with Crippen LogP contribution in [0, 0.1) is 0 Å². The van der Waals surface area contributed by atoms with Gasteiger partial charge in [0.2, 0.25) is 0 Å². The van der Waals surface area contributed by atoms with Crippen molar-refractivity contribution in [1.29, 1.82) is 0 Å². The van der Waals surface area contributed by atoms with Crippen LogP contribution in [0.15, 0.2) is 18.2 Å². The van der Waals surface area contributed by atoms with E-state index in [1.165, 1.54) is 11.3 Å². The second-order valence-corrected chi connectivity index (χ2v) is 5.95. The van der Waals surface area contributed by atoms with Crippen molar-refractivity contribution >= 4 is 32.6 Å². The van der Waals surface area contributed by atoms with Crippen molar-refractivity contribution in [2.24, 2.45) is 0 Å². The highest BCUT2D eigenvalue weighted by molar-refractivity contribution is 7.22. The van der Waals surface area contributed by atoms with Crippen molar-refractivity contribution in [3.63, 3.8) is 0 Å². The molecule has 1 saturated heterocycles. The zero-order valence-corrected chi connectivity index (χ0v) is 12.2. The van der Waals surface area contributed by atoms with Gasteiger partial charge < -0.3 is 15.4 Å². The fourth-order valence-corrected chi connectivity index (χ4v) is 3.18. The number of fused-ring (bicyclic) bond motifs is 1. The minimum absolute atomic E-state index is 0.0561. The highest BCUT2D eigenvalue weighted by atomic mass is 32.1. The minimum Gasteiger partial charge on any atom is -0.375 e. The number of benzene rings is 1. The number of aromatic nitrogens is 1. The van der Waals surface area contributed by atoms with Crippen molar-refractivity contribution in [3.05, 3.63) is 23.8 Å². The summed E-state index contributed by atoms with van der Waals surface area (Å²) in [5.41, 5.74) is 7.23. The summed E-state index contributed by atoms with van der Waals surface area (Å²) >= 11 is 1.41. The quantitative estimate of drug-likeness (QED) is 0.920. The van der Waals surface area contributed by atoms with Gasteiger partial charge in [-0.05, 0) is 24.6 Å². The van der Waals surface area contributed by atoms with Crippen LogP contribution in [-0.4, -0.2) is 41.6 Å². The predicted molar refractivity (Wildman–Crippen MR) is 80.0 cm³/mol. The van der Waals surface area contributed by atoms with Crippen LogP contribution in [0.1, 0.15) is 23.7 Å². The first-order valence-corrected chi connectivity index (χ1v) is 7.56. The SMILES string of the molecule is CCC1CN(C(=O)c2ccc3nc(N)sc3c2)CCO1. The second-order valence-electron chi connectivity index (χ2n) is 4.89. The summed E-state index contributed by atoms with van der Waals surface area (Å²) in [7, 11) is 0. The van der Waals surface area contributed by atoms with Gasteiger partial charge in [0.1, 0.15) is 0 Å². The third kappa shape index (κ3) is 2.48. The van der Waals surface area contributed by atoms with Crippen LogP contribution >= 0.6 is 11.3 Å². The second kappa shape index (κ2) is 5.38. The fourth-order valence-electron chi connectivity index (χ4n) is 2.41. The topological polar surface area (TPSA) is 68.5 Å². The number of carbonyl (C=O) groups is 1. The molecule has 3 rings (SSSR count). The van der Waals surface area contributed by atoms with E-state index >= 15 is 0 Å². The van der Waals surface area contributed by atoms with Gasteiger partial charge in [-0.25, -0.2) is 4.98 Å². The minimum atomic E-state index is 0.0561. The van der Waals surface area contributed by atoms with Crippen molar-refractivity contribution in [2.45, 2.75) is 19.4 Å². The van der Waals surface area contributed by atoms with Crippen molar-refractivity contribution in [2.75, 3.05) is 25.4 Å². The van der Waals surface area contributed by atoms with E-state index in [1.54, 1.807) is 0 Å². The molecule has 1 aromatic carbocycles. The molecule has 106 valence electrons. The number of hydrogen-bond acceptors (Lipinski definition) is 5. The first-order valence-electron chi connectivity index (χ1n) is 6.74. The smallest absolute Gasteiger partial charge is 0.254 e. The number of nitrogens with two attached hydrogens (primary N) is 1. The van der Waals surface area contributed by atoms with Gasteiger partial charge in [-0.3, -0.25) is 4.79 Å². The molecular weight excluding hydrogens is 274 g/mol. The highest BCUT2D eigenvalue weighted by Crippen LogP contribution is 2.25. The average Bonchev–Trinajstić information content (AvgIpc) is 2.85. The number of morpholine rings is 1. The van der Waals surface area contributed by atoms with Crippen LogP contribution < -0.4 is 5.73 Å². The Kier molecular flexibility index (Phi) is 3.58. The molecule has 1 amide bonds. The normalized spacial score (nSPS) is 19.4. The van der Waals surface area contributed by atoms with Gasteiger partial charge in [-0.15, -0.1) is 0 Å². The summed E-state index contributed by atoms with van der Waals surface area (Å²) in [5, 5.41) is 0.530. The lowest BCUT2D eigenvalue weighted by molar-refractivity contribution is -0.0226. The Balaban J connectivity index is 1.84. The molecule has 1 fully saturated rings. The number of carbonyl (C=O) groups excluding carboxylic acids is 1. The molecule has 5 nitrogen and oxygen atoms in total. The summed E-state index contributed by atoms with van der Waals surface area (Å²) in [6.07, 6.45) is 1.07. The van der Waals surface area contributed by atoms with Crippen LogP contribution in [-0.2, 0) is 4.74 Å². The Morgan fingerprint density at radius 1 is 1.60 bits per heavy atom. The monoisotopic (exact) mass is 291 g/mol. The van der Waals surface area contributed by atoms with Crippen LogP contribution in [0.3, 0.4) is 0 Å². The molecule has 1 unspecified atom stereocenters. The Morgan fingerprint density at radius 3 is 3.25 bits per heavy atom. The first-order chi connectivity index (χ1) is 9.67. The third-order valence-corrected chi connectivity index (χ3v) is 4.38. The lowest BCUT2D eigenvalue weighted by Crippen LogP contribution is -2.45. The van der Waals surface area contributed by atoms with E-state index in [0.717, 1.165) is 16.6 Å². The Hall–Kier alpha value is -1.66. The number of anilines is 1. The van der Waals surface area contributed by atoms with E-state index in [1.807, 2.05) is 23.1 Å². The zero-order chi connectivity index (χ0) is 14.1. The summed E-state index contributed by atoms with van der Waals surface area (Å²) in [6.45, 7) is 4.00. The van der Waals surface area contributed by atoms with Gasteiger partial charge in [0.25, 0.3) is 5.91 Å². The van der Waals surface area contributed by atoms with Gasteiger partial charge in [0, 0.05) is 18.7 Å². The molecule has 1 aromatic heterocycles. The maximum absolute atomic E-state index is 12.5. The predicted octanol–water partition coefficient (Wildman–Crippen LogP) is 2.13. The number of nitrogen functional groups attached to an aromatic ring is 1. The van der Waals surface area contributed by atoms with E-state index < -0.39 is 0 Å². The van der Waals surface area contributed by atoms with Gasteiger partial charge in [-0.1, -0.05) is 18.3 Å². The average molecular weight is 291 g/mol. The van der Waals surface area contributed by atoms with Crippen molar-refractivity contribution in [1.82, 2.24) is 9.88 Å². The van der Waals surface area contributed by atoms with E-state index in [2.05, 4.69) is 11.9 Å². The van der Waals surface area contributed by atoms with Gasteiger partial charge in [0.15, 0.2) is 5.13 Å². The van der Waals surface area contributed by atoms with E-state index in [9.17, 15) is 4.79 Å². The van der Waals surface area contributed by atoms with Gasteiger partial charge in [-0.2, -0.15) is 0 Å². The Morgan fingerprint density at radius 2 is 2.45 bits per heavy atom. The summed E-state index contributed by atoms with van der Waals surface area (Å²) in [4.78, 5) is 18.6. The van der Waals surface area contributed by atoms with Crippen LogP contribution in [0.2, 0.25) is 0 Å². The molecule has 1 aliphatic heterocycles. The first kappa shape index (κ1) is 13.3. The Bertz CT molecular complexity index is 640. The molecule has 2 aromatic rings. The molecule has 1 atom stereocenters. The molecule has 0 saturated carbocycles. The molecular formula is C14H17N3O2S. The van der Waals surface area contributed by atoms with Crippen molar-refractivity contribution < 1.29 is 9.53 Å². The van der Waals surface area contributed by atoms with Gasteiger partial charge in [0.05, 0.1) is 22.9 Å². The molecule has 20 heavy (non-hydrogen) atoms. The number of thiazole rings is 1. The number of hydrogen-bond donors (Lipinski definition) is 1. The zero-order valence-electron chi connectivity index (χ0n) is 11.3. The maximum Gasteiger partial charge on any atom is 0.254 e. The van der Waals surface area contributed by atoms with E-state index in [-0.39, 0.29) is 12.0 Å². The molecule has 2 N–H and O–H groups in total. The lowest BCUT2D eigenvalue weighted by Gasteiger charge is -2.32. The van der Waals surface area contributed by atoms with Crippen LogP contribution in [0.25, 0.3) is 10.2 Å². The highest BCUT2D eigenvalue weighted by Gasteiger charge is 2.24. The van der Waals surface area contributed by atoms with E-state index in [0.29, 0.717) is 30.4 Å². The van der Waals surface area contributed by atoms with Crippen molar-refractivity contribution in [3.8, 4) is 0 Å². The number of nitrogens with zero attached hydrogens (tertiary/aromatic N) is 2. The molecule has 6 heteroatoms. The maximum atomic E-state index is 12.5.